The largest absolute Gasteiger partial charge is 0.497 e. The second kappa shape index (κ2) is 9.00. The number of ether oxygens (including phenoxy) is 1. The second-order valence-electron chi connectivity index (χ2n) is 7.55. The van der Waals surface area contributed by atoms with Crippen molar-refractivity contribution in [2.24, 2.45) is 10.9 Å². The fourth-order valence-corrected chi connectivity index (χ4v) is 3.73. The first-order valence-electron chi connectivity index (χ1n) is 10.2. The van der Waals surface area contributed by atoms with Gasteiger partial charge in [0.1, 0.15) is 5.75 Å². The van der Waals surface area contributed by atoms with E-state index in [1.165, 1.54) is 17.4 Å². The standard InChI is InChI=1S/C25H24N2O4/c1-17-6-3-4-7-18(17)11-12-27(25(29)23-8-5-13-31-23)16-20-14-19-15-21(30-2)9-10-22(19)26-24(20)28/h3-10,13-15,20H,11-12,16H2,1-2H3. The number of amides is 2. The third kappa shape index (κ3) is 4.58. The zero-order chi connectivity index (χ0) is 21.8. The van der Waals surface area contributed by atoms with Gasteiger partial charge in [-0.2, -0.15) is 0 Å². The van der Waals surface area contributed by atoms with Crippen LogP contribution in [-0.4, -0.2) is 36.9 Å². The summed E-state index contributed by atoms with van der Waals surface area (Å²) in [6.45, 7) is 2.74. The minimum absolute atomic E-state index is 0.227. The topological polar surface area (TPSA) is 72.1 Å². The number of methoxy groups -OCH3 is 1. The Morgan fingerprint density at radius 2 is 2.00 bits per heavy atom. The average molecular weight is 416 g/mol. The van der Waals surface area contributed by atoms with E-state index in [0.717, 1.165) is 5.22 Å². The second-order valence-corrected chi connectivity index (χ2v) is 7.55. The van der Waals surface area contributed by atoms with Gasteiger partial charge >= 0.3 is 0 Å². The molecule has 1 aromatic heterocycles. The number of rotatable bonds is 7. The lowest BCUT2D eigenvalue weighted by Crippen LogP contribution is -2.42. The molecule has 4 rings (SSSR count). The first kappa shape index (κ1) is 20.6. The highest BCUT2D eigenvalue weighted by Gasteiger charge is 2.26. The van der Waals surface area contributed by atoms with E-state index in [-0.39, 0.29) is 24.1 Å². The molecule has 31 heavy (non-hydrogen) atoms. The first-order valence-corrected chi connectivity index (χ1v) is 10.2. The van der Waals surface area contributed by atoms with Gasteiger partial charge in [-0.1, -0.05) is 30.3 Å². The number of aryl methyl sites for hydroxylation is 1. The molecule has 3 aromatic rings. The monoisotopic (exact) mass is 416 g/mol. The van der Waals surface area contributed by atoms with E-state index in [1.54, 1.807) is 36.3 Å². The number of fused-ring (bicyclic) bond motifs is 1. The Morgan fingerprint density at radius 3 is 2.74 bits per heavy atom. The van der Waals surface area contributed by atoms with Crippen LogP contribution in [0.25, 0.3) is 6.08 Å². The predicted molar refractivity (Wildman–Crippen MR) is 116 cm³/mol. The fraction of sp³-hybridized carbons (Fsp3) is 0.240. The number of benzene rings is 2. The lowest BCUT2D eigenvalue weighted by atomic mass is 10.0. The molecule has 158 valence electrons. The quantitative estimate of drug-likeness (QED) is 0.593. The number of hydrogen-bond donors (Lipinski definition) is 0. The molecule has 0 spiro atoms. The van der Waals surface area contributed by atoms with Crippen LogP contribution >= 0.6 is 0 Å². The summed E-state index contributed by atoms with van der Waals surface area (Å²) < 4.78 is 10.6. The Kier molecular flexibility index (Phi) is 5.98. The molecule has 1 aliphatic heterocycles. The smallest absolute Gasteiger partial charge is 0.289 e. The lowest BCUT2D eigenvalue weighted by Gasteiger charge is -2.25. The zero-order valence-electron chi connectivity index (χ0n) is 17.6. The van der Waals surface area contributed by atoms with Crippen molar-refractivity contribution in [1.82, 2.24) is 4.90 Å². The number of carbonyl (C=O) groups excluding carboxylic acids is 2. The number of furan rings is 1. The SMILES string of the molecule is COc1ccc2c(c1)=CC(CN(CCc1ccccc1C)C(=O)c1ccco1)C(=O)N=2. The van der Waals surface area contributed by atoms with Crippen molar-refractivity contribution in [1.29, 1.82) is 0 Å². The lowest BCUT2D eigenvalue weighted by molar-refractivity contribution is -0.120. The van der Waals surface area contributed by atoms with Crippen LogP contribution < -0.4 is 15.3 Å². The van der Waals surface area contributed by atoms with Crippen LogP contribution in [0.4, 0.5) is 0 Å². The molecule has 0 saturated heterocycles. The minimum Gasteiger partial charge on any atom is -0.497 e. The van der Waals surface area contributed by atoms with Crippen LogP contribution in [0.1, 0.15) is 21.7 Å². The van der Waals surface area contributed by atoms with Crippen LogP contribution in [-0.2, 0) is 11.2 Å². The molecule has 6 nitrogen and oxygen atoms in total. The van der Waals surface area contributed by atoms with E-state index in [9.17, 15) is 9.59 Å². The van der Waals surface area contributed by atoms with Crippen LogP contribution in [0.3, 0.4) is 0 Å². The Morgan fingerprint density at radius 1 is 1.16 bits per heavy atom. The van der Waals surface area contributed by atoms with E-state index < -0.39 is 5.92 Å². The average Bonchev–Trinajstić information content (AvgIpc) is 3.32. The maximum Gasteiger partial charge on any atom is 0.289 e. The van der Waals surface area contributed by atoms with Gasteiger partial charge in [0, 0.05) is 18.3 Å². The predicted octanol–water partition coefficient (Wildman–Crippen LogP) is 2.54. The van der Waals surface area contributed by atoms with Gasteiger partial charge < -0.3 is 14.1 Å². The Bertz CT molecular complexity index is 1210. The molecule has 0 aliphatic carbocycles. The minimum atomic E-state index is -0.532. The molecule has 0 N–H and O–H groups in total. The summed E-state index contributed by atoms with van der Waals surface area (Å²) in [5, 5.41) is 1.44. The maximum atomic E-state index is 13.1. The number of hydrogen-bond acceptors (Lipinski definition) is 4. The van der Waals surface area contributed by atoms with Crippen LogP contribution in [0.5, 0.6) is 5.75 Å². The van der Waals surface area contributed by atoms with Crippen molar-refractivity contribution in [3.63, 3.8) is 0 Å². The first-order chi connectivity index (χ1) is 15.0. The van der Waals surface area contributed by atoms with Crippen molar-refractivity contribution >= 4 is 17.9 Å². The van der Waals surface area contributed by atoms with Crippen molar-refractivity contribution in [3.05, 3.63) is 88.3 Å². The van der Waals surface area contributed by atoms with Crippen LogP contribution in [0.15, 0.2) is 70.3 Å². The fourth-order valence-electron chi connectivity index (χ4n) is 3.73. The zero-order valence-corrected chi connectivity index (χ0v) is 17.6. The normalized spacial score (nSPS) is 14.9. The van der Waals surface area contributed by atoms with E-state index in [4.69, 9.17) is 9.15 Å². The van der Waals surface area contributed by atoms with E-state index in [2.05, 4.69) is 24.0 Å². The van der Waals surface area contributed by atoms with Crippen LogP contribution in [0, 0.1) is 12.8 Å². The van der Waals surface area contributed by atoms with Crippen LogP contribution in [0.2, 0.25) is 0 Å². The molecule has 2 aromatic carbocycles. The summed E-state index contributed by atoms with van der Waals surface area (Å²) in [5.74, 6) is -0.0779. The van der Waals surface area contributed by atoms with Gasteiger partial charge in [-0.15, -0.1) is 0 Å². The Hall–Kier alpha value is -3.67. The molecule has 1 unspecified atom stereocenters. The van der Waals surface area contributed by atoms with Gasteiger partial charge in [0.2, 0.25) is 0 Å². The summed E-state index contributed by atoms with van der Waals surface area (Å²) in [5.41, 5.74) is 2.34. The number of carbonyl (C=O) groups is 2. The van der Waals surface area contributed by atoms with E-state index in [0.29, 0.717) is 24.1 Å². The molecule has 1 aliphatic rings. The summed E-state index contributed by atoms with van der Waals surface area (Å²) in [7, 11) is 1.60. The van der Waals surface area contributed by atoms with Gasteiger partial charge in [-0.3, -0.25) is 9.59 Å². The summed E-state index contributed by atoms with van der Waals surface area (Å²) in [4.78, 5) is 31.7. The highest BCUT2D eigenvalue weighted by atomic mass is 16.5. The molecule has 0 saturated carbocycles. The third-order valence-corrected chi connectivity index (χ3v) is 5.51. The molecule has 6 heteroatoms. The molecule has 0 bridgehead atoms. The third-order valence-electron chi connectivity index (χ3n) is 5.51. The molecule has 0 fully saturated rings. The summed E-state index contributed by atoms with van der Waals surface area (Å²) in [6.07, 6.45) is 4.02. The highest BCUT2D eigenvalue weighted by molar-refractivity contribution is 5.93. The summed E-state index contributed by atoms with van der Waals surface area (Å²) >= 11 is 0. The van der Waals surface area contributed by atoms with Gasteiger partial charge in [-0.25, -0.2) is 4.99 Å². The number of nitrogens with zero attached hydrogens (tertiary/aromatic N) is 2. The molecule has 1 atom stereocenters. The Labute approximate surface area is 180 Å². The van der Waals surface area contributed by atoms with Gasteiger partial charge in [-0.05, 0) is 54.8 Å². The molecular weight excluding hydrogens is 392 g/mol. The van der Waals surface area contributed by atoms with E-state index >= 15 is 0 Å². The van der Waals surface area contributed by atoms with Crippen molar-refractivity contribution in [2.45, 2.75) is 13.3 Å². The molecule has 2 amide bonds. The van der Waals surface area contributed by atoms with Gasteiger partial charge in [0.15, 0.2) is 5.76 Å². The van der Waals surface area contributed by atoms with Crippen molar-refractivity contribution in [2.75, 3.05) is 20.2 Å². The van der Waals surface area contributed by atoms with Crippen molar-refractivity contribution < 1.29 is 18.7 Å². The van der Waals surface area contributed by atoms with E-state index in [1.807, 2.05) is 24.3 Å². The highest BCUT2D eigenvalue weighted by Crippen LogP contribution is 2.15. The molecule has 0 radical (unpaired) electrons. The van der Waals surface area contributed by atoms with Gasteiger partial charge in [0.05, 0.1) is 24.6 Å². The van der Waals surface area contributed by atoms with Crippen molar-refractivity contribution in [3.8, 4) is 5.75 Å². The Balaban J connectivity index is 1.60. The maximum absolute atomic E-state index is 13.1. The molecular formula is C25H24N2O4. The van der Waals surface area contributed by atoms with Gasteiger partial charge in [0.25, 0.3) is 11.8 Å². The molecule has 2 heterocycles. The summed E-state index contributed by atoms with van der Waals surface area (Å²) in [6, 6.07) is 16.8.